The van der Waals surface area contributed by atoms with Gasteiger partial charge in [-0.05, 0) is 26.2 Å². The fraction of sp³-hybridized carbons (Fsp3) is 0.867. The minimum absolute atomic E-state index is 0.174. The number of methoxy groups -OCH3 is 1. The molecule has 0 amide bonds. The minimum atomic E-state index is 0.174. The topological polar surface area (TPSA) is 24.5 Å². The number of hydrogen-bond acceptors (Lipinski definition) is 3. The van der Waals surface area contributed by atoms with Crippen LogP contribution >= 0.6 is 0 Å². The van der Waals surface area contributed by atoms with Crippen LogP contribution in [0.15, 0.2) is 12.7 Å². The molecular formula is C15H32N2O. The highest BCUT2D eigenvalue weighted by molar-refractivity contribution is 4.83. The summed E-state index contributed by atoms with van der Waals surface area (Å²) in [6.45, 7) is 19.7. The van der Waals surface area contributed by atoms with Gasteiger partial charge in [0.1, 0.15) is 0 Å². The molecule has 0 unspecified atom stereocenters. The van der Waals surface area contributed by atoms with Crippen molar-refractivity contribution in [2.45, 2.75) is 40.2 Å². The van der Waals surface area contributed by atoms with Crippen molar-refractivity contribution in [1.29, 1.82) is 0 Å². The molecule has 0 aliphatic rings. The van der Waals surface area contributed by atoms with Crippen molar-refractivity contribution in [3.05, 3.63) is 12.7 Å². The van der Waals surface area contributed by atoms with Crippen molar-refractivity contribution in [2.75, 3.05) is 39.9 Å². The lowest BCUT2D eigenvalue weighted by Gasteiger charge is -2.35. The first-order valence-electron chi connectivity index (χ1n) is 6.77. The van der Waals surface area contributed by atoms with Crippen LogP contribution in [0.3, 0.4) is 0 Å². The Kier molecular flexibility index (Phi) is 7.76. The lowest BCUT2D eigenvalue weighted by atomic mass is 9.91. The van der Waals surface area contributed by atoms with E-state index in [0.29, 0.717) is 0 Å². The monoisotopic (exact) mass is 256 g/mol. The molecule has 3 heteroatoms. The zero-order valence-corrected chi connectivity index (χ0v) is 13.2. The molecule has 0 aromatic heterocycles. The van der Waals surface area contributed by atoms with Gasteiger partial charge in [0, 0.05) is 38.8 Å². The third-order valence-electron chi connectivity index (χ3n) is 2.75. The van der Waals surface area contributed by atoms with Crippen LogP contribution in [0.4, 0.5) is 0 Å². The van der Waals surface area contributed by atoms with E-state index in [0.717, 1.165) is 32.8 Å². The molecule has 0 saturated carbocycles. The summed E-state index contributed by atoms with van der Waals surface area (Å²) >= 11 is 0. The van der Waals surface area contributed by atoms with Gasteiger partial charge in [0.05, 0.1) is 6.61 Å². The van der Waals surface area contributed by atoms with Gasteiger partial charge in [-0.25, -0.2) is 0 Å². The Labute approximate surface area is 114 Å². The van der Waals surface area contributed by atoms with E-state index >= 15 is 0 Å². The SMILES string of the molecule is C=CCN(CCOC)CC(C)(C)CNC(C)(C)C. The van der Waals surface area contributed by atoms with E-state index in [-0.39, 0.29) is 11.0 Å². The molecule has 0 bridgehead atoms. The Bertz CT molecular complexity index is 231. The lowest BCUT2D eigenvalue weighted by Crippen LogP contribution is -2.46. The largest absolute Gasteiger partial charge is 0.383 e. The molecule has 3 nitrogen and oxygen atoms in total. The van der Waals surface area contributed by atoms with Crippen molar-refractivity contribution in [1.82, 2.24) is 10.2 Å². The fourth-order valence-corrected chi connectivity index (χ4v) is 1.80. The van der Waals surface area contributed by atoms with E-state index in [1.54, 1.807) is 7.11 Å². The van der Waals surface area contributed by atoms with Crippen molar-refractivity contribution < 1.29 is 4.74 Å². The summed E-state index contributed by atoms with van der Waals surface area (Å²) < 4.78 is 5.16. The average Bonchev–Trinajstić information content (AvgIpc) is 2.22. The first kappa shape index (κ1) is 17.6. The number of nitrogens with one attached hydrogen (secondary N) is 1. The molecule has 0 fully saturated rings. The summed E-state index contributed by atoms with van der Waals surface area (Å²) in [7, 11) is 1.75. The highest BCUT2D eigenvalue weighted by Crippen LogP contribution is 2.17. The number of hydrogen-bond donors (Lipinski definition) is 1. The van der Waals surface area contributed by atoms with E-state index in [9.17, 15) is 0 Å². The molecule has 0 aromatic rings. The maximum atomic E-state index is 5.16. The molecule has 0 spiro atoms. The number of rotatable bonds is 9. The second kappa shape index (κ2) is 7.93. The Balaban J connectivity index is 4.25. The maximum Gasteiger partial charge on any atom is 0.0589 e. The molecule has 0 radical (unpaired) electrons. The summed E-state index contributed by atoms with van der Waals surface area (Å²) in [6.07, 6.45) is 1.96. The van der Waals surface area contributed by atoms with Gasteiger partial charge in [-0.2, -0.15) is 0 Å². The molecule has 0 rings (SSSR count). The Hall–Kier alpha value is -0.380. The molecule has 0 atom stereocenters. The van der Waals surface area contributed by atoms with Crippen LogP contribution in [0.5, 0.6) is 0 Å². The molecule has 0 heterocycles. The third kappa shape index (κ3) is 9.63. The Morgan fingerprint density at radius 1 is 1.22 bits per heavy atom. The van der Waals surface area contributed by atoms with Crippen molar-refractivity contribution in [3.63, 3.8) is 0 Å². The zero-order chi connectivity index (χ0) is 14.2. The Morgan fingerprint density at radius 3 is 2.28 bits per heavy atom. The highest BCUT2D eigenvalue weighted by Gasteiger charge is 2.23. The normalized spacial score (nSPS) is 13.1. The van der Waals surface area contributed by atoms with Gasteiger partial charge < -0.3 is 10.1 Å². The molecule has 108 valence electrons. The van der Waals surface area contributed by atoms with Crippen LogP contribution < -0.4 is 5.32 Å². The van der Waals surface area contributed by atoms with Crippen LogP contribution in [0.2, 0.25) is 0 Å². The van der Waals surface area contributed by atoms with Gasteiger partial charge in [-0.15, -0.1) is 6.58 Å². The summed E-state index contributed by atoms with van der Waals surface area (Å²) in [5.74, 6) is 0. The van der Waals surface area contributed by atoms with Crippen LogP contribution in [-0.2, 0) is 4.74 Å². The third-order valence-corrected chi connectivity index (χ3v) is 2.75. The minimum Gasteiger partial charge on any atom is -0.383 e. The fourth-order valence-electron chi connectivity index (χ4n) is 1.80. The number of ether oxygens (including phenoxy) is 1. The van der Waals surface area contributed by atoms with E-state index in [4.69, 9.17) is 4.74 Å². The van der Waals surface area contributed by atoms with Crippen LogP contribution in [0.1, 0.15) is 34.6 Å². The van der Waals surface area contributed by atoms with Gasteiger partial charge in [0.2, 0.25) is 0 Å². The predicted molar refractivity (Wildman–Crippen MR) is 80.0 cm³/mol. The van der Waals surface area contributed by atoms with Crippen LogP contribution in [-0.4, -0.2) is 50.3 Å². The van der Waals surface area contributed by atoms with E-state index in [1.807, 2.05) is 6.08 Å². The van der Waals surface area contributed by atoms with Crippen LogP contribution in [0.25, 0.3) is 0 Å². The van der Waals surface area contributed by atoms with Crippen molar-refractivity contribution in [2.24, 2.45) is 5.41 Å². The second-order valence-electron chi connectivity index (χ2n) is 6.78. The quantitative estimate of drug-likeness (QED) is 0.642. The standard InChI is InChI=1S/C15H32N2O/c1-8-9-17(10-11-18-7)13-15(5,6)12-16-14(2,3)4/h8,16H,1,9-13H2,2-7H3. The summed E-state index contributed by atoms with van der Waals surface area (Å²) in [5.41, 5.74) is 0.414. The average molecular weight is 256 g/mol. The first-order chi connectivity index (χ1) is 8.20. The second-order valence-corrected chi connectivity index (χ2v) is 6.78. The summed E-state index contributed by atoms with van der Waals surface area (Å²) in [4.78, 5) is 2.39. The highest BCUT2D eigenvalue weighted by atomic mass is 16.5. The van der Waals surface area contributed by atoms with Crippen molar-refractivity contribution >= 4 is 0 Å². The van der Waals surface area contributed by atoms with E-state index < -0.39 is 0 Å². The molecule has 0 aromatic carbocycles. The molecule has 0 saturated heterocycles. The van der Waals surface area contributed by atoms with Crippen molar-refractivity contribution in [3.8, 4) is 0 Å². The lowest BCUT2D eigenvalue weighted by molar-refractivity contribution is 0.122. The van der Waals surface area contributed by atoms with Gasteiger partial charge in [0.15, 0.2) is 0 Å². The number of nitrogens with zero attached hydrogens (tertiary/aromatic N) is 1. The van der Waals surface area contributed by atoms with Gasteiger partial charge in [-0.3, -0.25) is 4.90 Å². The zero-order valence-electron chi connectivity index (χ0n) is 13.2. The first-order valence-corrected chi connectivity index (χ1v) is 6.77. The van der Waals surface area contributed by atoms with Gasteiger partial charge in [0.25, 0.3) is 0 Å². The van der Waals surface area contributed by atoms with Gasteiger partial charge >= 0.3 is 0 Å². The van der Waals surface area contributed by atoms with E-state index in [1.165, 1.54) is 0 Å². The maximum absolute atomic E-state index is 5.16. The smallest absolute Gasteiger partial charge is 0.0589 e. The van der Waals surface area contributed by atoms with Gasteiger partial charge in [-0.1, -0.05) is 19.9 Å². The van der Waals surface area contributed by atoms with Crippen LogP contribution in [0, 0.1) is 5.41 Å². The molecule has 0 aliphatic heterocycles. The Morgan fingerprint density at radius 2 is 1.83 bits per heavy atom. The molecular weight excluding hydrogens is 224 g/mol. The molecule has 0 aliphatic carbocycles. The molecule has 1 N–H and O–H groups in total. The summed E-state index contributed by atoms with van der Waals surface area (Å²) in [5, 5.41) is 3.58. The summed E-state index contributed by atoms with van der Waals surface area (Å²) in [6, 6.07) is 0. The molecule has 18 heavy (non-hydrogen) atoms. The van der Waals surface area contributed by atoms with E-state index in [2.05, 4.69) is 51.4 Å². The predicted octanol–water partition coefficient (Wildman–Crippen LogP) is 2.54.